The van der Waals surface area contributed by atoms with Crippen molar-refractivity contribution in [3.8, 4) is 0 Å². The lowest BCUT2D eigenvalue weighted by Crippen LogP contribution is -2.36. The molecule has 126 valence electrons. The summed E-state index contributed by atoms with van der Waals surface area (Å²) in [5.74, 6) is 0.105. The van der Waals surface area contributed by atoms with Gasteiger partial charge in [-0.3, -0.25) is 9.59 Å². The number of hydrogen-bond donors (Lipinski definition) is 1. The number of hydrogen-bond acceptors (Lipinski definition) is 3. The van der Waals surface area contributed by atoms with Crippen LogP contribution in [0.2, 0.25) is 0 Å². The van der Waals surface area contributed by atoms with E-state index in [-0.39, 0.29) is 17.9 Å². The van der Waals surface area contributed by atoms with Crippen LogP contribution in [0.25, 0.3) is 0 Å². The van der Waals surface area contributed by atoms with E-state index in [2.05, 4.69) is 5.32 Å². The van der Waals surface area contributed by atoms with Gasteiger partial charge in [-0.15, -0.1) is 0 Å². The minimum atomic E-state index is 0.0291. The highest BCUT2D eigenvalue weighted by molar-refractivity contribution is 5.84. The Bertz CT molecular complexity index is 365. The van der Waals surface area contributed by atoms with Gasteiger partial charge in [0.2, 0.25) is 11.8 Å². The molecule has 1 saturated heterocycles. The van der Waals surface area contributed by atoms with Crippen LogP contribution in [0.4, 0.5) is 0 Å². The number of carbonyl (C=O) groups is 2. The van der Waals surface area contributed by atoms with Crippen LogP contribution in [-0.2, 0) is 14.3 Å². The van der Waals surface area contributed by atoms with E-state index in [1.807, 2.05) is 4.90 Å². The van der Waals surface area contributed by atoms with Crippen LogP contribution in [0, 0.1) is 0 Å². The second-order valence-electron chi connectivity index (χ2n) is 6.60. The highest BCUT2D eigenvalue weighted by Gasteiger charge is 2.26. The van der Waals surface area contributed by atoms with E-state index in [9.17, 15) is 9.59 Å². The molecule has 0 bridgehead atoms. The molecule has 1 aliphatic carbocycles. The summed E-state index contributed by atoms with van der Waals surface area (Å²) in [7, 11) is 1.68. The Morgan fingerprint density at radius 1 is 1.05 bits per heavy atom. The van der Waals surface area contributed by atoms with Crippen molar-refractivity contribution >= 4 is 11.8 Å². The summed E-state index contributed by atoms with van der Waals surface area (Å²) >= 11 is 0. The molecule has 0 radical (unpaired) electrons. The number of amides is 2. The molecular weight excluding hydrogens is 280 g/mol. The van der Waals surface area contributed by atoms with Crippen LogP contribution >= 0.6 is 0 Å². The van der Waals surface area contributed by atoms with Gasteiger partial charge < -0.3 is 15.0 Å². The molecular formula is C17H30N2O3. The standard InChI is InChI=1S/C17H30N2O3/c1-22-15-11-12-19(13-15)17(21)10-9-16(20)18-14-7-5-3-2-4-6-8-14/h14-15H,2-13H2,1H3,(H,18,20)/t15-/m0/s1. The van der Waals surface area contributed by atoms with Crippen molar-refractivity contribution in [1.29, 1.82) is 0 Å². The van der Waals surface area contributed by atoms with Gasteiger partial charge in [0.15, 0.2) is 0 Å². The predicted octanol–water partition coefficient (Wildman–Crippen LogP) is 2.24. The summed E-state index contributed by atoms with van der Waals surface area (Å²) in [4.78, 5) is 26.0. The Labute approximate surface area is 133 Å². The monoisotopic (exact) mass is 310 g/mol. The van der Waals surface area contributed by atoms with Gasteiger partial charge in [-0.25, -0.2) is 0 Å². The molecule has 5 nitrogen and oxygen atoms in total. The van der Waals surface area contributed by atoms with Gasteiger partial charge in [0, 0.05) is 39.1 Å². The SMILES string of the molecule is CO[C@H]1CCN(C(=O)CCC(=O)NC2CCCCCCC2)C1. The van der Waals surface area contributed by atoms with Gasteiger partial charge >= 0.3 is 0 Å². The van der Waals surface area contributed by atoms with E-state index in [1.165, 1.54) is 32.1 Å². The molecule has 2 fully saturated rings. The van der Waals surface area contributed by atoms with E-state index < -0.39 is 0 Å². The average Bonchev–Trinajstić information content (AvgIpc) is 2.96. The summed E-state index contributed by atoms with van der Waals surface area (Å²) in [6.07, 6.45) is 10.1. The van der Waals surface area contributed by atoms with Gasteiger partial charge in [0.05, 0.1) is 6.10 Å². The van der Waals surface area contributed by atoms with E-state index in [0.29, 0.717) is 25.4 Å². The first-order valence-corrected chi connectivity index (χ1v) is 8.79. The van der Waals surface area contributed by atoms with Gasteiger partial charge in [0.25, 0.3) is 0 Å². The van der Waals surface area contributed by atoms with Crippen molar-refractivity contribution in [2.75, 3.05) is 20.2 Å². The van der Waals surface area contributed by atoms with Crippen LogP contribution in [0.5, 0.6) is 0 Å². The molecule has 2 aliphatic rings. The van der Waals surface area contributed by atoms with Gasteiger partial charge in [-0.05, 0) is 19.3 Å². The van der Waals surface area contributed by atoms with E-state index >= 15 is 0 Å². The van der Waals surface area contributed by atoms with Gasteiger partial charge in [-0.1, -0.05) is 32.1 Å². The van der Waals surface area contributed by atoms with Gasteiger partial charge in [0.1, 0.15) is 0 Å². The van der Waals surface area contributed by atoms with Crippen molar-refractivity contribution < 1.29 is 14.3 Å². The molecule has 1 atom stereocenters. The summed E-state index contributed by atoms with van der Waals surface area (Å²) in [5.41, 5.74) is 0. The number of rotatable bonds is 5. The fourth-order valence-electron chi connectivity index (χ4n) is 3.43. The zero-order valence-electron chi connectivity index (χ0n) is 13.8. The second-order valence-corrected chi connectivity index (χ2v) is 6.60. The minimum Gasteiger partial charge on any atom is -0.380 e. The molecule has 0 aromatic heterocycles. The number of nitrogens with zero attached hydrogens (tertiary/aromatic N) is 1. The molecule has 0 spiro atoms. The highest BCUT2D eigenvalue weighted by atomic mass is 16.5. The Balaban J connectivity index is 1.65. The summed E-state index contributed by atoms with van der Waals surface area (Å²) < 4.78 is 5.27. The lowest BCUT2D eigenvalue weighted by atomic mass is 9.96. The molecule has 1 saturated carbocycles. The van der Waals surface area contributed by atoms with Crippen molar-refractivity contribution in [2.24, 2.45) is 0 Å². The largest absolute Gasteiger partial charge is 0.380 e. The average molecular weight is 310 g/mol. The van der Waals surface area contributed by atoms with Crippen LogP contribution in [0.15, 0.2) is 0 Å². The summed E-state index contributed by atoms with van der Waals surface area (Å²) in [6, 6.07) is 0.313. The van der Waals surface area contributed by atoms with Crippen molar-refractivity contribution in [3.63, 3.8) is 0 Å². The first-order valence-electron chi connectivity index (χ1n) is 8.79. The molecule has 2 amide bonds. The smallest absolute Gasteiger partial charge is 0.223 e. The Morgan fingerprint density at radius 2 is 1.73 bits per heavy atom. The highest BCUT2D eigenvalue weighted by Crippen LogP contribution is 2.17. The molecule has 0 aromatic carbocycles. The van der Waals surface area contributed by atoms with E-state index in [4.69, 9.17) is 4.74 Å². The molecule has 22 heavy (non-hydrogen) atoms. The number of carbonyl (C=O) groups excluding carboxylic acids is 2. The lowest BCUT2D eigenvalue weighted by molar-refractivity contribution is -0.133. The molecule has 0 unspecified atom stereocenters. The second kappa shape index (κ2) is 9.13. The lowest BCUT2D eigenvalue weighted by Gasteiger charge is -2.21. The molecule has 1 heterocycles. The number of ether oxygens (including phenoxy) is 1. The number of likely N-dealkylation sites (tertiary alicyclic amines) is 1. The quantitative estimate of drug-likeness (QED) is 0.847. The number of nitrogens with one attached hydrogen (secondary N) is 1. The van der Waals surface area contributed by atoms with Crippen molar-refractivity contribution in [2.45, 2.75) is 76.4 Å². The normalized spacial score (nSPS) is 23.9. The first-order chi connectivity index (χ1) is 10.7. The summed E-state index contributed by atoms with van der Waals surface area (Å²) in [6.45, 7) is 1.42. The van der Waals surface area contributed by atoms with Crippen LogP contribution < -0.4 is 5.32 Å². The number of methoxy groups -OCH3 is 1. The maximum Gasteiger partial charge on any atom is 0.223 e. The zero-order chi connectivity index (χ0) is 15.8. The fourth-order valence-corrected chi connectivity index (χ4v) is 3.43. The van der Waals surface area contributed by atoms with E-state index in [0.717, 1.165) is 25.8 Å². The molecule has 1 aliphatic heterocycles. The third-order valence-electron chi connectivity index (χ3n) is 4.87. The van der Waals surface area contributed by atoms with Crippen molar-refractivity contribution in [1.82, 2.24) is 10.2 Å². The topological polar surface area (TPSA) is 58.6 Å². The molecule has 5 heteroatoms. The first kappa shape index (κ1) is 17.3. The van der Waals surface area contributed by atoms with E-state index in [1.54, 1.807) is 7.11 Å². The Morgan fingerprint density at radius 3 is 2.36 bits per heavy atom. The Hall–Kier alpha value is -1.10. The molecule has 0 aromatic rings. The minimum absolute atomic E-state index is 0.0291. The van der Waals surface area contributed by atoms with Crippen LogP contribution in [0.3, 0.4) is 0 Å². The van der Waals surface area contributed by atoms with Crippen LogP contribution in [0.1, 0.15) is 64.2 Å². The third-order valence-corrected chi connectivity index (χ3v) is 4.87. The molecule has 1 N–H and O–H groups in total. The third kappa shape index (κ3) is 5.59. The maximum atomic E-state index is 12.1. The maximum absolute atomic E-state index is 12.1. The predicted molar refractivity (Wildman–Crippen MR) is 85.5 cm³/mol. The zero-order valence-corrected chi connectivity index (χ0v) is 13.8. The Kier molecular flexibility index (Phi) is 7.16. The summed E-state index contributed by atoms with van der Waals surface area (Å²) in [5, 5.41) is 3.12. The fraction of sp³-hybridized carbons (Fsp3) is 0.882. The van der Waals surface area contributed by atoms with Crippen LogP contribution in [-0.4, -0.2) is 49.1 Å². The van der Waals surface area contributed by atoms with Crippen molar-refractivity contribution in [3.05, 3.63) is 0 Å². The molecule has 2 rings (SSSR count). The van der Waals surface area contributed by atoms with Gasteiger partial charge in [-0.2, -0.15) is 0 Å².